The van der Waals surface area contributed by atoms with Crippen LogP contribution in [0.15, 0.2) is 35.6 Å². The lowest BCUT2D eigenvalue weighted by molar-refractivity contribution is -0.192. The van der Waals surface area contributed by atoms with Crippen LogP contribution >= 0.6 is 0 Å². The number of nitrogens with one attached hydrogen (secondary N) is 1. The number of hydrogen-bond donors (Lipinski definition) is 3. The second-order valence-electron chi connectivity index (χ2n) is 9.64. The average Bonchev–Trinajstić information content (AvgIpc) is 3.52. The second-order valence-corrected chi connectivity index (χ2v) is 11.3. The van der Waals surface area contributed by atoms with E-state index < -0.39 is 27.7 Å². The summed E-state index contributed by atoms with van der Waals surface area (Å²) in [5.74, 6) is -2.23. The molecule has 39 heavy (non-hydrogen) atoms. The summed E-state index contributed by atoms with van der Waals surface area (Å²) < 4.78 is 62.5. The zero-order valence-corrected chi connectivity index (χ0v) is 21.5. The van der Waals surface area contributed by atoms with Crippen LogP contribution in [0.1, 0.15) is 31.2 Å². The van der Waals surface area contributed by atoms with E-state index in [1.165, 1.54) is 17.2 Å². The van der Waals surface area contributed by atoms with Crippen LogP contribution in [0.2, 0.25) is 0 Å². The summed E-state index contributed by atoms with van der Waals surface area (Å²) in [6, 6.07) is 7.26. The maximum atomic E-state index is 13.2. The number of alkyl halides is 3. The Morgan fingerprint density at radius 3 is 2.46 bits per heavy atom. The van der Waals surface area contributed by atoms with Gasteiger partial charge in [-0.3, -0.25) is 4.68 Å². The third-order valence-corrected chi connectivity index (χ3v) is 8.25. The largest absolute Gasteiger partial charge is 0.490 e. The number of carbonyl (C=O) groups is 1. The first kappa shape index (κ1) is 27.9. The van der Waals surface area contributed by atoms with Crippen molar-refractivity contribution in [1.29, 1.82) is 5.26 Å². The quantitative estimate of drug-likeness (QED) is 0.415. The summed E-state index contributed by atoms with van der Waals surface area (Å²) in [5.41, 5.74) is 7.38. The zero-order chi connectivity index (χ0) is 28.8. The van der Waals surface area contributed by atoms with Gasteiger partial charge >= 0.3 is 12.1 Å². The highest BCUT2D eigenvalue weighted by molar-refractivity contribution is 7.89. The molecule has 3 aromatic rings. The molecule has 0 unspecified atom stereocenters. The van der Waals surface area contributed by atoms with Crippen molar-refractivity contribution in [2.45, 2.75) is 49.2 Å². The number of aryl methyl sites for hydroxylation is 2. The summed E-state index contributed by atoms with van der Waals surface area (Å²) in [6.45, 7) is 1.87. The number of aliphatic carboxylic acids is 1. The van der Waals surface area contributed by atoms with Gasteiger partial charge in [0.25, 0.3) is 0 Å². The van der Waals surface area contributed by atoms with Crippen LogP contribution in [0.5, 0.6) is 0 Å². The number of carboxylic acid groups (broad SMARTS) is 1. The second kappa shape index (κ2) is 9.58. The maximum Gasteiger partial charge on any atom is 0.490 e. The molecule has 0 amide bonds. The predicted octanol–water partition coefficient (Wildman–Crippen LogP) is 2.58. The molecule has 1 aromatic carbocycles. The van der Waals surface area contributed by atoms with Gasteiger partial charge in [-0.15, -0.1) is 5.10 Å². The molecule has 3 aliphatic carbocycles. The van der Waals surface area contributed by atoms with Crippen molar-refractivity contribution in [3.05, 3.63) is 36.3 Å². The monoisotopic (exact) mass is 564 g/mol. The minimum atomic E-state index is -5.08. The molecule has 0 aliphatic heterocycles. The maximum absolute atomic E-state index is 13.2. The molecule has 0 saturated heterocycles. The Balaban J connectivity index is 0.000000448. The van der Waals surface area contributed by atoms with E-state index in [4.69, 9.17) is 15.6 Å². The minimum absolute atomic E-state index is 0.143. The van der Waals surface area contributed by atoms with Crippen LogP contribution in [0.3, 0.4) is 0 Å². The molecule has 2 aromatic heterocycles. The summed E-state index contributed by atoms with van der Waals surface area (Å²) in [7, 11) is -2.04. The first-order chi connectivity index (χ1) is 18.1. The Hall–Kier alpha value is -4.10. The van der Waals surface area contributed by atoms with Crippen molar-refractivity contribution in [2.75, 3.05) is 5.73 Å². The van der Waals surface area contributed by atoms with Gasteiger partial charge in [-0.05, 0) is 50.3 Å². The molecule has 2 bridgehead atoms. The van der Waals surface area contributed by atoms with Crippen LogP contribution in [-0.4, -0.2) is 55.9 Å². The van der Waals surface area contributed by atoms with Gasteiger partial charge in [-0.2, -0.15) is 18.4 Å². The van der Waals surface area contributed by atoms with Gasteiger partial charge in [0.1, 0.15) is 6.33 Å². The Bertz CT molecular complexity index is 1590. The third kappa shape index (κ3) is 5.54. The molecule has 0 spiro atoms. The van der Waals surface area contributed by atoms with Gasteiger partial charge in [0.05, 0.1) is 28.3 Å². The van der Waals surface area contributed by atoms with Crippen molar-refractivity contribution < 1.29 is 31.5 Å². The Morgan fingerprint density at radius 2 is 1.92 bits per heavy atom. The first-order valence-corrected chi connectivity index (χ1v) is 12.9. The summed E-state index contributed by atoms with van der Waals surface area (Å²) >= 11 is 0. The van der Waals surface area contributed by atoms with Crippen LogP contribution < -0.4 is 10.5 Å². The summed E-state index contributed by atoms with van der Waals surface area (Å²) in [6.07, 6.45) is 0.517. The number of aromatic nitrogens is 5. The molecule has 3 aliphatic rings. The molecular weight excluding hydrogens is 541 g/mol. The van der Waals surface area contributed by atoms with E-state index in [-0.39, 0.29) is 16.1 Å². The smallest absolute Gasteiger partial charge is 0.475 e. The predicted molar refractivity (Wildman–Crippen MR) is 130 cm³/mol. The lowest BCUT2D eigenvalue weighted by atomic mass is 9.66. The van der Waals surface area contributed by atoms with Crippen molar-refractivity contribution in [1.82, 2.24) is 29.5 Å². The van der Waals surface area contributed by atoms with Crippen molar-refractivity contribution in [3.8, 4) is 28.8 Å². The molecule has 206 valence electrons. The number of fused-ring (bicyclic) bond motifs is 1. The molecule has 3 saturated carbocycles. The number of sulfonamides is 1. The molecular formula is C23H23F3N8O4S. The van der Waals surface area contributed by atoms with Gasteiger partial charge in [0.2, 0.25) is 15.8 Å². The number of nitrogens with two attached hydrogens (primary N) is 1. The number of nitriles is 1. The molecule has 0 atom stereocenters. The van der Waals surface area contributed by atoms with E-state index in [9.17, 15) is 26.9 Å². The normalized spacial score (nSPS) is 21.8. The van der Waals surface area contributed by atoms with Gasteiger partial charge in [-0.25, -0.2) is 32.9 Å². The number of benzene rings is 1. The standard InChI is InChI=1S/C21H22N8O2S.C2HF3O2/c1-13-3-4-14(32(30,31)28-21-6-5-20(9-21,10-21)11-22)7-15(13)16-8-24-18(23)17(26-16)19-25-12-29(2)27-19;3-2(4,5)1(6)7/h3-4,7-8,12,28H,5-6,9-10H2,1-2H3,(H2,23,24);(H,6,7). The molecule has 3 fully saturated rings. The average molecular weight is 565 g/mol. The SMILES string of the molecule is Cc1ccc(S(=O)(=O)NC23CCC(C#N)(C2)C3)cc1-c1cnc(N)c(-c2ncn(C)n2)n1.O=C(O)C(F)(F)F. The summed E-state index contributed by atoms with van der Waals surface area (Å²) in [5, 5.41) is 20.7. The van der Waals surface area contributed by atoms with Crippen LogP contribution in [-0.2, 0) is 21.9 Å². The van der Waals surface area contributed by atoms with Crippen LogP contribution in [0, 0.1) is 23.7 Å². The van der Waals surface area contributed by atoms with Crippen molar-refractivity contribution in [3.63, 3.8) is 0 Å². The number of halogens is 3. The number of rotatable bonds is 5. The van der Waals surface area contributed by atoms with E-state index in [2.05, 4.69) is 30.8 Å². The Kier molecular flexibility index (Phi) is 6.86. The fourth-order valence-corrected chi connectivity index (χ4v) is 6.32. The highest BCUT2D eigenvalue weighted by Gasteiger charge is 2.62. The van der Waals surface area contributed by atoms with E-state index in [0.717, 1.165) is 12.0 Å². The lowest BCUT2D eigenvalue weighted by Crippen LogP contribution is -2.55. The molecule has 2 heterocycles. The van der Waals surface area contributed by atoms with Gasteiger partial charge in [0.15, 0.2) is 11.5 Å². The Labute approximate surface area is 220 Å². The lowest BCUT2D eigenvalue weighted by Gasteiger charge is -2.43. The topological polar surface area (TPSA) is 190 Å². The molecule has 16 heteroatoms. The number of nitrogens with zero attached hydrogens (tertiary/aromatic N) is 6. The van der Waals surface area contributed by atoms with Crippen molar-refractivity contribution >= 4 is 21.8 Å². The molecule has 6 rings (SSSR count). The minimum Gasteiger partial charge on any atom is -0.475 e. The van der Waals surface area contributed by atoms with Gasteiger partial charge in [-0.1, -0.05) is 6.07 Å². The van der Waals surface area contributed by atoms with E-state index >= 15 is 0 Å². The zero-order valence-electron chi connectivity index (χ0n) is 20.7. The van der Waals surface area contributed by atoms with E-state index in [1.54, 1.807) is 25.2 Å². The molecule has 4 N–H and O–H groups in total. The fraction of sp³-hybridized carbons (Fsp3) is 0.391. The number of hydrogen-bond acceptors (Lipinski definition) is 9. The molecule has 12 nitrogen and oxygen atoms in total. The first-order valence-electron chi connectivity index (χ1n) is 11.4. The van der Waals surface area contributed by atoms with Crippen LogP contribution in [0.25, 0.3) is 22.8 Å². The highest BCUT2D eigenvalue weighted by Crippen LogP contribution is 2.61. The number of carboxylic acids is 1. The molecule has 0 radical (unpaired) electrons. The van der Waals surface area contributed by atoms with Crippen LogP contribution in [0.4, 0.5) is 19.0 Å². The van der Waals surface area contributed by atoms with E-state index in [1.807, 2.05) is 6.92 Å². The number of anilines is 1. The van der Waals surface area contributed by atoms with Gasteiger partial charge in [0, 0.05) is 18.2 Å². The number of nitrogen functional groups attached to an aromatic ring is 1. The van der Waals surface area contributed by atoms with E-state index in [0.29, 0.717) is 42.0 Å². The summed E-state index contributed by atoms with van der Waals surface area (Å²) in [4.78, 5) is 22.0. The highest BCUT2D eigenvalue weighted by atomic mass is 32.2. The van der Waals surface area contributed by atoms with Gasteiger partial charge < -0.3 is 10.8 Å². The van der Waals surface area contributed by atoms with Crippen molar-refractivity contribution in [2.24, 2.45) is 12.5 Å². The fourth-order valence-electron chi connectivity index (χ4n) is 4.86. The third-order valence-electron chi connectivity index (χ3n) is 6.67. The Morgan fingerprint density at radius 1 is 1.26 bits per heavy atom.